The van der Waals surface area contributed by atoms with Crippen LogP contribution >= 0.6 is 11.3 Å². The second-order valence-corrected chi connectivity index (χ2v) is 7.21. The zero-order chi connectivity index (χ0) is 14.9. The lowest BCUT2D eigenvalue weighted by atomic mass is 9.96. The number of rotatable bonds is 8. The number of hydrogen-bond donors (Lipinski definition) is 1. The van der Waals surface area contributed by atoms with Crippen molar-refractivity contribution in [3.63, 3.8) is 0 Å². The fraction of sp³-hybridized carbons (Fsp3) is 0.824. The van der Waals surface area contributed by atoms with Crippen LogP contribution in [0.15, 0.2) is 5.38 Å². The highest BCUT2D eigenvalue weighted by molar-refractivity contribution is 7.09. The monoisotopic (exact) mass is 309 g/mol. The number of nitrogens with one attached hydrogen (secondary N) is 1. The largest absolute Gasteiger partial charge is 0.310 e. The third-order valence-corrected chi connectivity index (χ3v) is 5.22. The van der Waals surface area contributed by atoms with E-state index in [0.717, 1.165) is 25.6 Å². The molecule has 2 heterocycles. The molecule has 1 unspecified atom stereocenters. The molecule has 120 valence electrons. The molecule has 1 aliphatic rings. The third-order valence-electron chi connectivity index (χ3n) is 4.33. The van der Waals surface area contributed by atoms with E-state index < -0.39 is 0 Å². The number of hydrogen-bond acceptors (Lipinski definition) is 4. The van der Waals surface area contributed by atoms with Crippen molar-refractivity contribution in [2.75, 3.05) is 19.6 Å². The van der Waals surface area contributed by atoms with Crippen molar-refractivity contribution in [1.29, 1.82) is 0 Å². The van der Waals surface area contributed by atoms with Gasteiger partial charge in [-0.15, -0.1) is 11.3 Å². The highest BCUT2D eigenvalue weighted by Crippen LogP contribution is 2.23. The quantitative estimate of drug-likeness (QED) is 0.734. The van der Waals surface area contributed by atoms with Crippen LogP contribution in [0.2, 0.25) is 0 Å². The molecule has 1 fully saturated rings. The fourth-order valence-corrected chi connectivity index (χ4v) is 3.94. The van der Waals surface area contributed by atoms with Gasteiger partial charge in [0.15, 0.2) is 0 Å². The van der Waals surface area contributed by atoms with E-state index in [1.807, 2.05) is 0 Å². The van der Waals surface area contributed by atoms with Crippen LogP contribution in [0.1, 0.15) is 63.1 Å². The molecule has 1 aromatic heterocycles. The molecule has 3 nitrogen and oxygen atoms in total. The minimum absolute atomic E-state index is 0.928. The summed E-state index contributed by atoms with van der Waals surface area (Å²) in [5, 5.41) is 6.91. The van der Waals surface area contributed by atoms with Crippen molar-refractivity contribution in [3.8, 4) is 0 Å². The minimum atomic E-state index is 0.928. The molecule has 0 bridgehead atoms. The van der Waals surface area contributed by atoms with E-state index in [9.17, 15) is 0 Å². The molecule has 1 atom stereocenters. The van der Waals surface area contributed by atoms with E-state index in [4.69, 9.17) is 4.98 Å². The number of likely N-dealkylation sites (tertiary alicyclic amines) is 1. The number of nitrogens with zero attached hydrogens (tertiary/aromatic N) is 2. The van der Waals surface area contributed by atoms with Crippen molar-refractivity contribution in [1.82, 2.24) is 15.2 Å². The van der Waals surface area contributed by atoms with E-state index in [1.165, 1.54) is 62.3 Å². The SMILES string of the molecule is CCCNCc1nc(CN2CCCC(CCC)CC2)cs1. The second-order valence-electron chi connectivity index (χ2n) is 6.27. The molecule has 0 aromatic carbocycles. The molecule has 1 aromatic rings. The molecule has 0 radical (unpaired) electrons. The van der Waals surface area contributed by atoms with Gasteiger partial charge in [-0.3, -0.25) is 4.90 Å². The van der Waals surface area contributed by atoms with Crippen molar-refractivity contribution in [3.05, 3.63) is 16.1 Å². The van der Waals surface area contributed by atoms with Gasteiger partial charge in [0.2, 0.25) is 0 Å². The highest BCUT2D eigenvalue weighted by Gasteiger charge is 2.17. The normalized spacial score (nSPS) is 20.6. The number of thiazole rings is 1. The van der Waals surface area contributed by atoms with Gasteiger partial charge in [0.25, 0.3) is 0 Å². The van der Waals surface area contributed by atoms with Gasteiger partial charge in [0.05, 0.1) is 5.69 Å². The first kappa shape index (κ1) is 16.9. The highest BCUT2D eigenvalue weighted by atomic mass is 32.1. The Bertz CT molecular complexity index is 391. The standard InChI is InChI=1S/C17H31N3S/c1-3-6-15-7-5-10-20(11-8-15)13-16-14-21-17(19-16)12-18-9-4-2/h14-15,18H,3-13H2,1-2H3. The molecule has 4 heteroatoms. The zero-order valence-corrected chi connectivity index (χ0v) is 14.6. The average molecular weight is 310 g/mol. The molecule has 2 rings (SSSR count). The Morgan fingerprint density at radius 1 is 1.29 bits per heavy atom. The summed E-state index contributed by atoms with van der Waals surface area (Å²) in [7, 11) is 0. The summed E-state index contributed by atoms with van der Waals surface area (Å²) in [5.41, 5.74) is 1.27. The molecular weight excluding hydrogens is 278 g/mol. The summed E-state index contributed by atoms with van der Waals surface area (Å²) in [6.45, 7) is 10.1. The molecule has 21 heavy (non-hydrogen) atoms. The van der Waals surface area contributed by atoms with E-state index in [-0.39, 0.29) is 0 Å². The molecule has 0 amide bonds. The van der Waals surface area contributed by atoms with E-state index in [0.29, 0.717) is 0 Å². The second kappa shape index (κ2) is 9.54. The van der Waals surface area contributed by atoms with Gasteiger partial charge in [-0.2, -0.15) is 0 Å². The lowest BCUT2D eigenvalue weighted by Gasteiger charge is -2.18. The van der Waals surface area contributed by atoms with Gasteiger partial charge in [0, 0.05) is 18.5 Å². The van der Waals surface area contributed by atoms with Crippen LogP contribution in [0.25, 0.3) is 0 Å². The fourth-order valence-electron chi connectivity index (χ4n) is 3.18. The summed E-state index contributed by atoms with van der Waals surface area (Å²) < 4.78 is 0. The van der Waals surface area contributed by atoms with Gasteiger partial charge in [-0.1, -0.05) is 26.7 Å². The molecule has 0 spiro atoms. The Morgan fingerprint density at radius 3 is 3.00 bits per heavy atom. The summed E-state index contributed by atoms with van der Waals surface area (Å²) in [4.78, 5) is 7.38. The Morgan fingerprint density at radius 2 is 2.19 bits per heavy atom. The Hall–Kier alpha value is -0.450. The maximum absolute atomic E-state index is 4.78. The zero-order valence-electron chi connectivity index (χ0n) is 13.7. The van der Waals surface area contributed by atoms with E-state index in [2.05, 4.69) is 29.4 Å². The van der Waals surface area contributed by atoms with Gasteiger partial charge in [-0.05, 0) is 51.2 Å². The van der Waals surface area contributed by atoms with Crippen LogP contribution in [0.3, 0.4) is 0 Å². The van der Waals surface area contributed by atoms with Crippen molar-refractivity contribution in [2.45, 2.75) is 65.5 Å². The first-order valence-corrected chi connectivity index (χ1v) is 9.56. The van der Waals surface area contributed by atoms with E-state index >= 15 is 0 Å². The molecule has 0 aliphatic carbocycles. The summed E-state index contributed by atoms with van der Waals surface area (Å²) in [5.74, 6) is 0.962. The van der Waals surface area contributed by atoms with E-state index in [1.54, 1.807) is 11.3 Å². The van der Waals surface area contributed by atoms with Crippen LogP contribution < -0.4 is 5.32 Å². The molecule has 1 aliphatic heterocycles. The van der Waals surface area contributed by atoms with Crippen molar-refractivity contribution in [2.24, 2.45) is 5.92 Å². The smallest absolute Gasteiger partial charge is 0.107 e. The first-order valence-electron chi connectivity index (χ1n) is 8.68. The lowest BCUT2D eigenvalue weighted by molar-refractivity contribution is 0.268. The van der Waals surface area contributed by atoms with Gasteiger partial charge in [0.1, 0.15) is 5.01 Å². The van der Waals surface area contributed by atoms with Crippen molar-refractivity contribution >= 4 is 11.3 Å². The summed E-state index contributed by atoms with van der Waals surface area (Å²) in [6.07, 6.45) is 8.10. The van der Waals surface area contributed by atoms with Gasteiger partial charge >= 0.3 is 0 Å². The molecule has 1 saturated heterocycles. The number of aromatic nitrogens is 1. The first-order chi connectivity index (χ1) is 10.3. The Balaban J connectivity index is 1.76. The summed E-state index contributed by atoms with van der Waals surface area (Å²) in [6, 6.07) is 0. The minimum Gasteiger partial charge on any atom is -0.310 e. The molecular formula is C17H31N3S. The van der Waals surface area contributed by atoms with Crippen LogP contribution in [0, 0.1) is 5.92 Å². The van der Waals surface area contributed by atoms with Crippen LogP contribution in [-0.4, -0.2) is 29.5 Å². The lowest BCUT2D eigenvalue weighted by Crippen LogP contribution is -2.24. The maximum atomic E-state index is 4.78. The predicted molar refractivity (Wildman–Crippen MR) is 91.6 cm³/mol. The third kappa shape index (κ3) is 6.05. The van der Waals surface area contributed by atoms with Crippen LogP contribution in [0.4, 0.5) is 0 Å². The van der Waals surface area contributed by atoms with Crippen LogP contribution in [-0.2, 0) is 13.1 Å². The topological polar surface area (TPSA) is 28.2 Å². The molecule has 1 N–H and O–H groups in total. The van der Waals surface area contributed by atoms with Crippen LogP contribution in [0.5, 0.6) is 0 Å². The average Bonchev–Trinajstić information content (AvgIpc) is 2.80. The summed E-state index contributed by atoms with van der Waals surface area (Å²) >= 11 is 1.80. The van der Waals surface area contributed by atoms with Crippen molar-refractivity contribution < 1.29 is 0 Å². The predicted octanol–water partition coefficient (Wildman–Crippen LogP) is 4.04. The van der Waals surface area contributed by atoms with Gasteiger partial charge in [-0.25, -0.2) is 4.98 Å². The Kier molecular flexibility index (Phi) is 7.69. The van der Waals surface area contributed by atoms with Gasteiger partial charge < -0.3 is 5.32 Å². The maximum Gasteiger partial charge on any atom is 0.107 e. The Labute approximate surface area is 134 Å². The molecule has 0 saturated carbocycles.